The van der Waals surface area contributed by atoms with Crippen LogP contribution in [0, 0.1) is 5.92 Å². The fraction of sp³-hybridized carbons (Fsp3) is 0.750. The van der Waals surface area contributed by atoms with Crippen molar-refractivity contribution in [3.8, 4) is 0 Å². The lowest BCUT2D eigenvalue weighted by Gasteiger charge is -2.24. The third kappa shape index (κ3) is 3.61. The van der Waals surface area contributed by atoms with Crippen molar-refractivity contribution in [2.24, 2.45) is 10.9 Å². The summed E-state index contributed by atoms with van der Waals surface area (Å²) in [7, 11) is 3.92. The van der Waals surface area contributed by atoms with Gasteiger partial charge in [-0.1, -0.05) is 0 Å². The van der Waals surface area contributed by atoms with Gasteiger partial charge in [-0.05, 0) is 19.3 Å². The van der Waals surface area contributed by atoms with E-state index in [9.17, 15) is 0 Å². The number of aryl methyl sites for hydroxylation is 2. The topological polar surface area (TPSA) is 54.7 Å². The number of ether oxygens (including phenoxy) is 1. The molecule has 1 aromatic rings. The number of hydrogen-bond donors (Lipinski definition) is 1. The molecule has 0 radical (unpaired) electrons. The Morgan fingerprint density at radius 2 is 2.45 bits per heavy atom. The van der Waals surface area contributed by atoms with E-state index in [0.29, 0.717) is 5.92 Å². The first-order chi connectivity index (χ1) is 10.8. The number of fused-ring (bicyclic) bond motifs is 1. The van der Waals surface area contributed by atoms with E-state index in [-0.39, 0.29) is 0 Å². The third-order valence-corrected chi connectivity index (χ3v) is 4.52. The number of imidazole rings is 1. The van der Waals surface area contributed by atoms with Crippen molar-refractivity contribution in [3.63, 3.8) is 0 Å². The maximum atomic E-state index is 5.45. The Morgan fingerprint density at radius 1 is 1.55 bits per heavy atom. The van der Waals surface area contributed by atoms with Crippen molar-refractivity contribution in [1.82, 2.24) is 19.8 Å². The van der Waals surface area contributed by atoms with Crippen molar-refractivity contribution >= 4 is 5.96 Å². The number of nitrogens with zero attached hydrogens (tertiary/aromatic N) is 4. The predicted molar refractivity (Wildman–Crippen MR) is 86.9 cm³/mol. The molecule has 0 aliphatic carbocycles. The molecular weight excluding hydrogens is 278 g/mol. The van der Waals surface area contributed by atoms with Crippen LogP contribution in [0.2, 0.25) is 0 Å². The van der Waals surface area contributed by atoms with Crippen LogP contribution in [0.5, 0.6) is 0 Å². The van der Waals surface area contributed by atoms with E-state index in [1.807, 2.05) is 7.05 Å². The van der Waals surface area contributed by atoms with Gasteiger partial charge < -0.3 is 19.5 Å². The average molecular weight is 305 g/mol. The van der Waals surface area contributed by atoms with Crippen molar-refractivity contribution in [2.45, 2.75) is 38.8 Å². The van der Waals surface area contributed by atoms with Crippen LogP contribution >= 0.6 is 0 Å². The molecule has 0 saturated carbocycles. The fourth-order valence-corrected chi connectivity index (χ4v) is 3.31. The smallest absolute Gasteiger partial charge is 0.193 e. The summed E-state index contributed by atoms with van der Waals surface area (Å²) in [5.74, 6) is 2.77. The first-order valence-corrected chi connectivity index (χ1v) is 8.30. The maximum Gasteiger partial charge on any atom is 0.193 e. The van der Waals surface area contributed by atoms with Crippen LogP contribution in [0.4, 0.5) is 0 Å². The average Bonchev–Trinajstić information content (AvgIpc) is 3.16. The van der Waals surface area contributed by atoms with Gasteiger partial charge in [0.1, 0.15) is 5.82 Å². The van der Waals surface area contributed by atoms with Gasteiger partial charge in [-0.25, -0.2) is 4.98 Å². The Morgan fingerprint density at radius 3 is 3.18 bits per heavy atom. The molecule has 6 heteroatoms. The number of aromatic nitrogens is 2. The Kier molecular flexibility index (Phi) is 4.97. The van der Waals surface area contributed by atoms with E-state index in [1.165, 1.54) is 18.7 Å². The minimum atomic E-state index is 0.614. The SMILES string of the molecule is CN=C(NCc1cn2c(n1)CCCC2)N(C)CC1CCOC1. The maximum absolute atomic E-state index is 5.45. The molecule has 122 valence electrons. The summed E-state index contributed by atoms with van der Waals surface area (Å²) < 4.78 is 7.74. The van der Waals surface area contributed by atoms with Crippen molar-refractivity contribution < 1.29 is 4.74 Å². The first-order valence-electron chi connectivity index (χ1n) is 8.30. The molecule has 1 unspecified atom stereocenters. The number of guanidine groups is 1. The molecule has 22 heavy (non-hydrogen) atoms. The predicted octanol–water partition coefficient (Wildman–Crippen LogP) is 1.26. The number of hydrogen-bond acceptors (Lipinski definition) is 3. The highest BCUT2D eigenvalue weighted by Crippen LogP contribution is 2.15. The molecule has 1 fully saturated rings. The number of nitrogens with one attached hydrogen (secondary N) is 1. The van der Waals surface area contributed by atoms with E-state index in [2.05, 4.69) is 33.0 Å². The van der Waals surface area contributed by atoms with Crippen LogP contribution < -0.4 is 5.32 Å². The Bertz CT molecular complexity index is 495. The molecule has 1 saturated heterocycles. The highest BCUT2D eigenvalue weighted by Gasteiger charge is 2.19. The van der Waals surface area contributed by atoms with Crippen LogP contribution in [0.1, 0.15) is 30.8 Å². The summed E-state index contributed by atoms with van der Waals surface area (Å²) in [5, 5.41) is 3.43. The van der Waals surface area contributed by atoms with Gasteiger partial charge in [0.25, 0.3) is 0 Å². The van der Waals surface area contributed by atoms with Crippen molar-refractivity contribution in [2.75, 3.05) is 33.9 Å². The van der Waals surface area contributed by atoms with Crippen molar-refractivity contribution in [1.29, 1.82) is 0 Å². The minimum absolute atomic E-state index is 0.614. The summed E-state index contributed by atoms with van der Waals surface area (Å²) in [6.07, 6.45) is 6.97. The molecule has 2 aliphatic heterocycles. The normalized spacial score (nSPS) is 21.7. The van der Waals surface area contributed by atoms with E-state index < -0.39 is 0 Å². The summed E-state index contributed by atoms with van der Waals surface area (Å²) in [6.45, 7) is 4.59. The molecular formula is C16H27N5O. The Labute approximate surface area is 132 Å². The zero-order valence-corrected chi connectivity index (χ0v) is 13.7. The van der Waals surface area contributed by atoms with E-state index in [0.717, 1.165) is 57.3 Å². The van der Waals surface area contributed by atoms with Gasteiger partial charge in [0.05, 0.1) is 18.8 Å². The molecule has 0 amide bonds. The van der Waals surface area contributed by atoms with Crippen LogP contribution in [-0.2, 0) is 24.2 Å². The lowest BCUT2D eigenvalue weighted by atomic mass is 10.1. The zero-order chi connectivity index (χ0) is 15.4. The van der Waals surface area contributed by atoms with Gasteiger partial charge >= 0.3 is 0 Å². The highest BCUT2D eigenvalue weighted by molar-refractivity contribution is 5.79. The molecule has 3 heterocycles. The molecule has 6 nitrogen and oxygen atoms in total. The zero-order valence-electron chi connectivity index (χ0n) is 13.7. The van der Waals surface area contributed by atoms with Gasteiger partial charge in [-0.2, -0.15) is 0 Å². The van der Waals surface area contributed by atoms with Gasteiger partial charge in [0, 0.05) is 52.3 Å². The molecule has 3 rings (SSSR count). The summed E-state index contributed by atoms with van der Waals surface area (Å²) in [4.78, 5) is 11.3. The molecule has 1 aromatic heterocycles. The second-order valence-electron chi connectivity index (χ2n) is 6.31. The lowest BCUT2D eigenvalue weighted by molar-refractivity contribution is 0.181. The Hall–Kier alpha value is -1.56. The molecule has 2 aliphatic rings. The molecule has 1 atom stereocenters. The monoisotopic (exact) mass is 305 g/mol. The number of aliphatic imine (C=N–C) groups is 1. The Balaban J connectivity index is 1.53. The first kappa shape index (κ1) is 15.3. The largest absolute Gasteiger partial charge is 0.381 e. The second-order valence-corrected chi connectivity index (χ2v) is 6.31. The highest BCUT2D eigenvalue weighted by atomic mass is 16.5. The van der Waals surface area contributed by atoms with Crippen molar-refractivity contribution in [3.05, 3.63) is 17.7 Å². The fourth-order valence-electron chi connectivity index (χ4n) is 3.31. The molecule has 0 aromatic carbocycles. The van der Waals surface area contributed by atoms with Gasteiger partial charge in [-0.3, -0.25) is 4.99 Å². The quantitative estimate of drug-likeness (QED) is 0.672. The van der Waals surface area contributed by atoms with Crippen LogP contribution in [0.3, 0.4) is 0 Å². The van der Waals surface area contributed by atoms with Gasteiger partial charge in [0.2, 0.25) is 0 Å². The molecule has 0 bridgehead atoms. The lowest BCUT2D eigenvalue weighted by Crippen LogP contribution is -2.41. The summed E-state index contributed by atoms with van der Waals surface area (Å²) in [5.41, 5.74) is 1.11. The second kappa shape index (κ2) is 7.13. The van der Waals surface area contributed by atoms with E-state index in [4.69, 9.17) is 9.72 Å². The third-order valence-electron chi connectivity index (χ3n) is 4.52. The van der Waals surface area contributed by atoms with Crippen LogP contribution in [0.15, 0.2) is 11.2 Å². The van der Waals surface area contributed by atoms with Gasteiger partial charge in [-0.15, -0.1) is 0 Å². The standard InChI is InChI=1S/C16H27N5O/c1-17-16(20(2)10-13-6-8-22-12-13)18-9-14-11-21-7-4-3-5-15(21)19-14/h11,13H,3-10,12H2,1-2H3,(H,17,18). The number of rotatable bonds is 4. The summed E-state index contributed by atoms with van der Waals surface area (Å²) >= 11 is 0. The summed E-state index contributed by atoms with van der Waals surface area (Å²) in [6, 6.07) is 0. The van der Waals surface area contributed by atoms with E-state index in [1.54, 1.807) is 0 Å². The molecule has 0 spiro atoms. The molecule has 1 N–H and O–H groups in total. The van der Waals surface area contributed by atoms with Crippen LogP contribution in [0.25, 0.3) is 0 Å². The van der Waals surface area contributed by atoms with Crippen LogP contribution in [-0.4, -0.2) is 54.3 Å². The van der Waals surface area contributed by atoms with Gasteiger partial charge in [0.15, 0.2) is 5.96 Å². The minimum Gasteiger partial charge on any atom is -0.381 e. The van der Waals surface area contributed by atoms with E-state index >= 15 is 0 Å².